The van der Waals surface area contributed by atoms with Crippen molar-refractivity contribution in [3.8, 4) is 0 Å². The molecule has 0 bridgehead atoms. The number of aliphatic carboxylic acids is 1. The van der Waals surface area contributed by atoms with Gasteiger partial charge in [-0.2, -0.15) is 0 Å². The average Bonchev–Trinajstić information content (AvgIpc) is 3.08. The van der Waals surface area contributed by atoms with Crippen LogP contribution in [0.3, 0.4) is 0 Å². The Balaban J connectivity index is 1.62. The van der Waals surface area contributed by atoms with Crippen LogP contribution in [0.5, 0.6) is 0 Å². The number of fused-ring (bicyclic) bond motifs is 1. The Bertz CT molecular complexity index is 729. The Hall–Kier alpha value is -2.34. The quantitative estimate of drug-likeness (QED) is 0.832. The second-order valence-electron chi connectivity index (χ2n) is 6.31. The molecule has 0 saturated heterocycles. The fraction of sp³-hybridized carbons (Fsp3) is 0.368. The van der Waals surface area contributed by atoms with Crippen molar-refractivity contribution in [1.82, 2.24) is 10.2 Å². The number of carboxylic acids is 1. The van der Waals surface area contributed by atoms with Gasteiger partial charge in [0.15, 0.2) is 0 Å². The van der Waals surface area contributed by atoms with Crippen molar-refractivity contribution in [1.29, 1.82) is 0 Å². The number of urea groups is 1. The first-order chi connectivity index (χ1) is 12.1. The molecule has 0 fully saturated rings. The largest absolute Gasteiger partial charge is 0.481 e. The van der Waals surface area contributed by atoms with E-state index in [-0.39, 0.29) is 18.5 Å². The molecule has 132 valence electrons. The van der Waals surface area contributed by atoms with Gasteiger partial charge in [-0.15, -0.1) is 11.3 Å². The van der Waals surface area contributed by atoms with Crippen LogP contribution in [0.2, 0.25) is 0 Å². The maximum atomic E-state index is 12.6. The molecule has 2 heterocycles. The number of hydrogen-bond donors (Lipinski definition) is 2. The lowest BCUT2D eigenvalue weighted by atomic mass is 10.0. The molecule has 1 atom stereocenters. The first kappa shape index (κ1) is 17.5. The summed E-state index contributed by atoms with van der Waals surface area (Å²) >= 11 is 1.68. The van der Waals surface area contributed by atoms with Crippen molar-refractivity contribution in [2.75, 3.05) is 6.54 Å². The molecule has 1 aliphatic heterocycles. The first-order valence-corrected chi connectivity index (χ1v) is 9.36. The van der Waals surface area contributed by atoms with Crippen LogP contribution in [-0.2, 0) is 24.2 Å². The van der Waals surface area contributed by atoms with Gasteiger partial charge in [0.25, 0.3) is 0 Å². The van der Waals surface area contributed by atoms with E-state index in [0.717, 1.165) is 12.0 Å². The van der Waals surface area contributed by atoms with Crippen molar-refractivity contribution in [3.05, 3.63) is 57.8 Å². The predicted molar refractivity (Wildman–Crippen MR) is 97.8 cm³/mol. The van der Waals surface area contributed by atoms with Crippen LogP contribution in [0.25, 0.3) is 0 Å². The highest BCUT2D eigenvalue weighted by molar-refractivity contribution is 7.10. The maximum Gasteiger partial charge on any atom is 0.317 e. The number of rotatable bonds is 6. The number of thiophene rings is 1. The van der Waals surface area contributed by atoms with Crippen LogP contribution in [0.4, 0.5) is 4.79 Å². The van der Waals surface area contributed by atoms with Gasteiger partial charge in [0.1, 0.15) is 0 Å². The third-order valence-corrected chi connectivity index (χ3v) is 5.42. The van der Waals surface area contributed by atoms with Crippen LogP contribution in [-0.4, -0.2) is 34.6 Å². The Kier molecular flexibility index (Phi) is 5.71. The summed E-state index contributed by atoms with van der Waals surface area (Å²) in [6.45, 7) is 1.34. The molecule has 2 amide bonds. The van der Waals surface area contributed by atoms with Gasteiger partial charge in [-0.25, -0.2) is 4.79 Å². The molecular weight excluding hydrogens is 336 g/mol. The monoisotopic (exact) mass is 358 g/mol. The minimum absolute atomic E-state index is 0.0485. The number of carbonyl (C=O) groups excluding carboxylic acids is 1. The molecular formula is C19H22N2O3S. The summed E-state index contributed by atoms with van der Waals surface area (Å²) in [7, 11) is 0. The van der Waals surface area contributed by atoms with Crippen molar-refractivity contribution in [3.63, 3.8) is 0 Å². The van der Waals surface area contributed by atoms with E-state index < -0.39 is 5.97 Å². The fourth-order valence-electron chi connectivity index (χ4n) is 3.10. The molecule has 1 aromatic heterocycles. The number of carbonyl (C=O) groups is 2. The molecule has 1 aromatic carbocycles. The lowest BCUT2D eigenvalue weighted by molar-refractivity contribution is -0.137. The lowest BCUT2D eigenvalue weighted by Crippen LogP contribution is -2.47. The molecule has 1 aliphatic rings. The molecule has 0 aliphatic carbocycles. The van der Waals surface area contributed by atoms with Gasteiger partial charge in [0, 0.05) is 23.9 Å². The van der Waals surface area contributed by atoms with Gasteiger partial charge < -0.3 is 15.3 Å². The van der Waals surface area contributed by atoms with E-state index in [4.69, 9.17) is 5.11 Å². The summed E-state index contributed by atoms with van der Waals surface area (Å²) in [6, 6.07) is 11.7. The SMILES string of the molecule is O=C(O)CCC(Cc1ccccc1)NC(=O)N1CCc2ccsc2C1. The van der Waals surface area contributed by atoms with Gasteiger partial charge in [0.2, 0.25) is 0 Å². The van der Waals surface area contributed by atoms with Crippen LogP contribution in [0, 0.1) is 0 Å². The van der Waals surface area contributed by atoms with E-state index in [0.29, 0.717) is 25.9 Å². The topological polar surface area (TPSA) is 69.6 Å². The zero-order valence-electron chi connectivity index (χ0n) is 14.0. The summed E-state index contributed by atoms with van der Waals surface area (Å²) in [6.07, 6.45) is 1.99. The number of carboxylic acid groups (broad SMARTS) is 1. The minimum Gasteiger partial charge on any atom is -0.481 e. The Morgan fingerprint density at radius 3 is 2.80 bits per heavy atom. The average molecular weight is 358 g/mol. The van der Waals surface area contributed by atoms with Crippen molar-refractivity contribution in [2.45, 2.75) is 38.3 Å². The van der Waals surface area contributed by atoms with Crippen molar-refractivity contribution in [2.24, 2.45) is 0 Å². The molecule has 2 aromatic rings. The predicted octanol–water partition coefficient (Wildman–Crippen LogP) is 3.29. The molecule has 5 nitrogen and oxygen atoms in total. The van der Waals surface area contributed by atoms with E-state index in [1.54, 1.807) is 11.3 Å². The highest BCUT2D eigenvalue weighted by Gasteiger charge is 2.23. The molecule has 3 rings (SSSR count). The van der Waals surface area contributed by atoms with Crippen molar-refractivity contribution < 1.29 is 14.7 Å². The lowest BCUT2D eigenvalue weighted by Gasteiger charge is -2.29. The summed E-state index contributed by atoms with van der Waals surface area (Å²) in [5.41, 5.74) is 2.43. The number of amides is 2. The smallest absolute Gasteiger partial charge is 0.317 e. The third-order valence-electron chi connectivity index (χ3n) is 4.47. The van der Waals surface area contributed by atoms with Gasteiger partial charge in [-0.1, -0.05) is 30.3 Å². The molecule has 0 spiro atoms. The number of nitrogens with zero attached hydrogens (tertiary/aromatic N) is 1. The molecule has 0 saturated carbocycles. The third kappa shape index (κ3) is 4.82. The molecule has 1 unspecified atom stereocenters. The van der Waals surface area contributed by atoms with Crippen molar-refractivity contribution >= 4 is 23.3 Å². The number of benzene rings is 1. The minimum atomic E-state index is -0.839. The number of hydrogen-bond acceptors (Lipinski definition) is 3. The zero-order chi connectivity index (χ0) is 17.6. The summed E-state index contributed by atoms with van der Waals surface area (Å²) in [5, 5.41) is 14.1. The highest BCUT2D eigenvalue weighted by atomic mass is 32.1. The first-order valence-electron chi connectivity index (χ1n) is 8.48. The fourth-order valence-corrected chi connectivity index (χ4v) is 4.05. The van der Waals surface area contributed by atoms with E-state index in [9.17, 15) is 9.59 Å². The maximum absolute atomic E-state index is 12.6. The van der Waals surface area contributed by atoms with E-state index in [2.05, 4.69) is 16.8 Å². The molecule has 2 N–H and O–H groups in total. The zero-order valence-corrected chi connectivity index (χ0v) is 14.8. The molecule has 0 radical (unpaired) electrons. The number of nitrogens with one attached hydrogen (secondary N) is 1. The van der Waals surface area contributed by atoms with E-state index >= 15 is 0 Å². The van der Waals surface area contributed by atoms with Crippen LogP contribution < -0.4 is 5.32 Å². The van der Waals surface area contributed by atoms with Gasteiger partial charge in [0.05, 0.1) is 6.54 Å². The second kappa shape index (κ2) is 8.16. The summed E-state index contributed by atoms with van der Waals surface area (Å²) in [5.74, 6) is -0.839. The van der Waals surface area contributed by atoms with E-state index in [1.165, 1.54) is 10.4 Å². The summed E-state index contributed by atoms with van der Waals surface area (Å²) < 4.78 is 0. The van der Waals surface area contributed by atoms with Crippen LogP contribution >= 0.6 is 11.3 Å². The standard InChI is InChI=1S/C19H22N2O3S/c22-18(23)7-6-16(12-14-4-2-1-3-5-14)20-19(24)21-10-8-15-9-11-25-17(15)13-21/h1-5,9,11,16H,6-8,10,12-13H2,(H,20,24)(H,22,23). The Morgan fingerprint density at radius 1 is 1.24 bits per heavy atom. The Morgan fingerprint density at radius 2 is 2.04 bits per heavy atom. The van der Waals surface area contributed by atoms with Gasteiger partial charge in [-0.3, -0.25) is 4.79 Å². The Labute approximate surface area is 151 Å². The van der Waals surface area contributed by atoms with Gasteiger partial charge in [-0.05, 0) is 41.8 Å². The molecule has 6 heteroatoms. The van der Waals surface area contributed by atoms with Crippen LogP contribution in [0.1, 0.15) is 28.8 Å². The highest BCUT2D eigenvalue weighted by Crippen LogP contribution is 2.24. The van der Waals surface area contributed by atoms with Gasteiger partial charge >= 0.3 is 12.0 Å². The van der Waals surface area contributed by atoms with E-state index in [1.807, 2.05) is 35.2 Å². The summed E-state index contributed by atoms with van der Waals surface area (Å²) in [4.78, 5) is 26.6. The second-order valence-corrected chi connectivity index (χ2v) is 7.31. The van der Waals surface area contributed by atoms with Crippen LogP contribution in [0.15, 0.2) is 41.8 Å². The normalized spacial score (nSPS) is 14.6. The molecule has 25 heavy (non-hydrogen) atoms.